The van der Waals surface area contributed by atoms with E-state index in [-0.39, 0.29) is 24.5 Å². The number of aryl methyl sites for hydroxylation is 1. The van der Waals surface area contributed by atoms with Crippen LogP contribution >= 0.6 is 0 Å². The van der Waals surface area contributed by atoms with E-state index >= 15 is 0 Å². The van der Waals surface area contributed by atoms with Gasteiger partial charge in [0.15, 0.2) is 6.61 Å². The number of para-hydroxylation sites is 1. The van der Waals surface area contributed by atoms with E-state index in [0.717, 1.165) is 37.2 Å². The van der Waals surface area contributed by atoms with Gasteiger partial charge >= 0.3 is 0 Å². The summed E-state index contributed by atoms with van der Waals surface area (Å²) in [6.07, 6.45) is 2.80. The van der Waals surface area contributed by atoms with Crippen molar-refractivity contribution in [1.29, 1.82) is 0 Å². The number of benzene rings is 1. The maximum Gasteiger partial charge on any atom is 0.272 e. The molecule has 0 unspecified atom stereocenters. The van der Waals surface area contributed by atoms with Gasteiger partial charge in [-0.2, -0.15) is 5.10 Å². The lowest BCUT2D eigenvalue weighted by Gasteiger charge is -2.21. The lowest BCUT2D eigenvalue weighted by Crippen LogP contribution is -2.32. The van der Waals surface area contributed by atoms with Crippen molar-refractivity contribution in [3.63, 3.8) is 0 Å². The molecule has 0 aliphatic carbocycles. The predicted molar refractivity (Wildman–Crippen MR) is 102 cm³/mol. The van der Waals surface area contributed by atoms with Crippen LogP contribution in [0.4, 0.5) is 0 Å². The Morgan fingerprint density at radius 1 is 1.30 bits per heavy atom. The van der Waals surface area contributed by atoms with E-state index in [1.807, 2.05) is 43.0 Å². The van der Waals surface area contributed by atoms with E-state index in [9.17, 15) is 9.59 Å². The van der Waals surface area contributed by atoms with Crippen molar-refractivity contribution in [3.8, 4) is 5.75 Å². The third kappa shape index (κ3) is 4.67. The molecule has 0 bridgehead atoms. The molecule has 7 heteroatoms. The van der Waals surface area contributed by atoms with Crippen molar-refractivity contribution in [3.05, 3.63) is 47.3 Å². The SMILES string of the molecule is CC[C@H](NC(=O)c1cc(C)[nH]n1)c1ccccc1OCC(=O)N1CCCC1. The molecule has 0 radical (unpaired) electrons. The number of amides is 2. The Balaban J connectivity index is 1.68. The Morgan fingerprint density at radius 3 is 2.70 bits per heavy atom. The highest BCUT2D eigenvalue weighted by Crippen LogP contribution is 2.27. The summed E-state index contributed by atoms with van der Waals surface area (Å²) in [5.74, 6) is 0.385. The summed E-state index contributed by atoms with van der Waals surface area (Å²) in [6, 6.07) is 9.00. The average molecular weight is 370 g/mol. The number of likely N-dealkylation sites (tertiary alicyclic amines) is 1. The van der Waals surface area contributed by atoms with Crippen LogP contribution in [0.1, 0.15) is 54.0 Å². The Morgan fingerprint density at radius 2 is 2.04 bits per heavy atom. The molecule has 1 fully saturated rings. The third-order valence-corrected chi connectivity index (χ3v) is 4.76. The highest BCUT2D eigenvalue weighted by Gasteiger charge is 2.21. The molecule has 2 heterocycles. The summed E-state index contributed by atoms with van der Waals surface area (Å²) in [5, 5.41) is 9.78. The second-order valence-corrected chi connectivity index (χ2v) is 6.78. The van der Waals surface area contributed by atoms with Crippen molar-refractivity contribution in [2.24, 2.45) is 0 Å². The van der Waals surface area contributed by atoms with E-state index in [1.165, 1.54) is 0 Å². The first kappa shape index (κ1) is 18.9. The fourth-order valence-corrected chi connectivity index (χ4v) is 3.26. The van der Waals surface area contributed by atoms with Gasteiger partial charge < -0.3 is 15.0 Å². The van der Waals surface area contributed by atoms with Crippen LogP contribution in [0.5, 0.6) is 5.75 Å². The van der Waals surface area contributed by atoms with Crippen LogP contribution in [-0.4, -0.2) is 46.6 Å². The molecule has 1 atom stereocenters. The Kier molecular flexibility index (Phi) is 6.11. The van der Waals surface area contributed by atoms with Crippen LogP contribution < -0.4 is 10.1 Å². The summed E-state index contributed by atoms with van der Waals surface area (Å²) in [5.41, 5.74) is 2.04. The predicted octanol–water partition coefficient (Wildman–Crippen LogP) is 2.60. The Hall–Kier alpha value is -2.83. The van der Waals surface area contributed by atoms with Gasteiger partial charge in [-0.1, -0.05) is 25.1 Å². The topological polar surface area (TPSA) is 87.3 Å². The minimum atomic E-state index is -0.242. The summed E-state index contributed by atoms with van der Waals surface area (Å²) < 4.78 is 5.82. The second kappa shape index (κ2) is 8.70. The Bertz CT molecular complexity index is 796. The Labute approximate surface area is 159 Å². The summed E-state index contributed by atoms with van der Waals surface area (Å²) in [6.45, 7) is 5.47. The molecule has 2 N–H and O–H groups in total. The molecule has 1 aromatic carbocycles. The van der Waals surface area contributed by atoms with Gasteiger partial charge in [0, 0.05) is 24.3 Å². The molecule has 1 aromatic heterocycles. The van der Waals surface area contributed by atoms with Crippen LogP contribution in [0.15, 0.2) is 30.3 Å². The van der Waals surface area contributed by atoms with Crippen LogP contribution in [0.2, 0.25) is 0 Å². The van der Waals surface area contributed by atoms with E-state index in [0.29, 0.717) is 17.9 Å². The number of H-pyrrole nitrogens is 1. The van der Waals surface area contributed by atoms with Gasteiger partial charge in [-0.25, -0.2) is 0 Å². The normalized spacial score (nSPS) is 14.8. The van der Waals surface area contributed by atoms with E-state index in [2.05, 4.69) is 15.5 Å². The number of ether oxygens (including phenoxy) is 1. The largest absolute Gasteiger partial charge is 0.483 e. The second-order valence-electron chi connectivity index (χ2n) is 6.78. The summed E-state index contributed by atoms with van der Waals surface area (Å²) in [4.78, 5) is 26.5. The van der Waals surface area contributed by atoms with Crippen LogP contribution in [-0.2, 0) is 4.79 Å². The minimum absolute atomic E-state index is 0.00591. The molecule has 0 saturated carbocycles. The summed E-state index contributed by atoms with van der Waals surface area (Å²) >= 11 is 0. The number of rotatable bonds is 7. The molecule has 1 aliphatic heterocycles. The van der Waals surface area contributed by atoms with Gasteiger partial charge in [-0.05, 0) is 38.3 Å². The van der Waals surface area contributed by atoms with Crippen molar-refractivity contribution in [2.75, 3.05) is 19.7 Å². The van der Waals surface area contributed by atoms with E-state index in [4.69, 9.17) is 4.74 Å². The van der Waals surface area contributed by atoms with Gasteiger partial charge in [0.2, 0.25) is 0 Å². The molecule has 1 aliphatic rings. The molecule has 3 rings (SSSR count). The zero-order chi connectivity index (χ0) is 19.2. The number of carbonyl (C=O) groups excluding carboxylic acids is 2. The molecule has 2 amide bonds. The molecule has 2 aromatic rings. The standard InChI is InChI=1S/C20H26N4O3/c1-3-16(21-20(26)17-12-14(2)22-23-17)15-8-4-5-9-18(15)27-13-19(25)24-10-6-7-11-24/h4-5,8-9,12,16H,3,6-7,10-11,13H2,1-2H3,(H,21,26)(H,22,23)/t16-/m0/s1. The molecule has 27 heavy (non-hydrogen) atoms. The highest BCUT2D eigenvalue weighted by molar-refractivity contribution is 5.92. The maximum atomic E-state index is 12.5. The molecular weight excluding hydrogens is 344 g/mol. The number of nitrogens with zero attached hydrogens (tertiary/aromatic N) is 2. The first-order valence-corrected chi connectivity index (χ1v) is 9.41. The number of nitrogens with one attached hydrogen (secondary N) is 2. The third-order valence-electron chi connectivity index (χ3n) is 4.76. The van der Waals surface area contributed by atoms with Gasteiger partial charge in [0.05, 0.1) is 6.04 Å². The van der Waals surface area contributed by atoms with Crippen LogP contribution in [0, 0.1) is 6.92 Å². The highest BCUT2D eigenvalue weighted by atomic mass is 16.5. The lowest BCUT2D eigenvalue weighted by molar-refractivity contribution is -0.132. The first-order chi connectivity index (χ1) is 13.1. The monoisotopic (exact) mass is 370 g/mol. The number of hydrogen-bond donors (Lipinski definition) is 2. The maximum absolute atomic E-state index is 12.5. The molecule has 0 spiro atoms. The van der Waals surface area contributed by atoms with Crippen LogP contribution in [0.3, 0.4) is 0 Å². The van der Waals surface area contributed by atoms with Crippen molar-refractivity contribution in [1.82, 2.24) is 20.4 Å². The van der Waals surface area contributed by atoms with Crippen molar-refractivity contribution in [2.45, 2.75) is 39.2 Å². The minimum Gasteiger partial charge on any atom is -0.483 e. The van der Waals surface area contributed by atoms with Gasteiger partial charge in [0.1, 0.15) is 11.4 Å². The lowest BCUT2D eigenvalue weighted by atomic mass is 10.0. The number of carbonyl (C=O) groups is 2. The van der Waals surface area contributed by atoms with Crippen LogP contribution in [0.25, 0.3) is 0 Å². The van der Waals surface area contributed by atoms with Crippen molar-refractivity contribution < 1.29 is 14.3 Å². The molecule has 144 valence electrons. The zero-order valence-electron chi connectivity index (χ0n) is 15.8. The zero-order valence-corrected chi connectivity index (χ0v) is 15.8. The molecular formula is C20H26N4O3. The van der Waals surface area contributed by atoms with Gasteiger partial charge in [-0.3, -0.25) is 14.7 Å². The summed E-state index contributed by atoms with van der Waals surface area (Å²) in [7, 11) is 0. The fourth-order valence-electron chi connectivity index (χ4n) is 3.26. The van der Waals surface area contributed by atoms with E-state index < -0.39 is 0 Å². The molecule has 1 saturated heterocycles. The van der Waals surface area contributed by atoms with Gasteiger partial charge in [0.25, 0.3) is 11.8 Å². The number of aromatic nitrogens is 2. The van der Waals surface area contributed by atoms with Crippen molar-refractivity contribution >= 4 is 11.8 Å². The quantitative estimate of drug-likeness (QED) is 0.784. The molecule has 7 nitrogen and oxygen atoms in total. The number of aromatic amines is 1. The van der Waals surface area contributed by atoms with Gasteiger partial charge in [-0.15, -0.1) is 0 Å². The average Bonchev–Trinajstić information content (AvgIpc) is 3.36. The number of hydrogen-bond acceptors (Lipinski definition) is 4. The fraction of sp³-hybridized carbons (Fsp3) is 0.450. The first-order valence-electron chi connectivity index (χ1n) is 9.41. The smallest absolute Gasteiger partial charge is 0.272 e. The van der Waals surface area contributed by atoms with E-state index in [1.54, 1.807) is 6.07 Å².